The second kappa shape index (κ2) is 5.06. The first-order chi connectivity index (χ1) is 8.10. The van der Waals surface area contributed by atoms with E-state index in [9.17, 15) is 4.79 Å². The van der Waals surface area contributed by atoms with Gasteiger partial charge in [0.15, 0.2) is 4.67 Å². The van der Waals surface area contributed by atoms with Crippen LogP contribution in [-0.4, -0.2) is 9.55 Å². The Morgan fingerprint density at radius 3 is 2.88 bits per heavy atom. The predicted molar refractivity (Wildman–Crippen MR) is 68.4 cm³/mol. The van der Waals surface area contributed by atoms with E-state index in [1.54, 1.807) is 10.6 Å². The van der Waals surface area contributed by atoms with Crippen molar-refractivity contribution in [1.29, 1.82) is 0 Å². The third-order valence-corrected chi connectivity index (χ3v) is 2.93. The Hall–Kier alpha value is -1.07. The molecule has 2 heterocycles. The highest BCUT2D eigenvalue weighted by molar-refractivity contribution is 9.10. The lowest BCUT2D eigenvalue weighted by molar-refractivity contribution is 0.464. The summed E-state index contributed by atoms with van der Waals surface area (Å²) >= 11 is 8.97. The van der Waals surface area contributed by atoms with E-state index >= 15 is 0 Å². The molecular formula is C11H10BrClN2O2. The number of aromatic nitrogens is 2. The largest absolute Gasteiger partial charge is 0.452 e. The van der Waals surface area contributed by atoms with Crippen LogP contribution in [-0.2, 0) is 13.0 Å². The molecule has 0 aliphatic heterocycles. The van der Waals surface area contributed by atoms with Crippen LogP contribution in [0.5, 0.6) is 0 Å². The molecule has 0 bridgehead atoms. The number of hydrogen-bond acceptors (Lipinski definition) is 3. The van der Waals surface area contributed by atoms with Gasteiger partial charge in [-0.05, 0) is 28.1 Å². The van der Waals surface area contributed by atoms with Crippen molar-refractivity contribution in [3.63, 3.8) is 0 Å². The van der Waals surface area contributed by atoms with Gasteiger partial charge in [-0.15, -0.1) is 0 Å². The van der Waals surface area contributed by atoms with Crippen LogP contribution in [0.1, 0.15) is 18.5 Å². The van der Waals surface area contributed by atoms with Gasteiger partial charge in [0.05, 0.1) is 6.54 Å². The van der Waals surface area contributed by atoms with Crippen LogP contribution in [0.4, 0.5) is 0 Å². The average Bonchev–Trinajstić information content (AvgIpc) is 2.67. The first-order valence-corrected chi connectivity index (χ1v) is 6.27. The predicted octanol–water partition coefficient (Wildman–Crippen LogP) is 2.86. The van der Waals surface area contributed by atoms with Gasteiger partial charge in [0, 0.05) is 12.5 Å². The molecule has 0 atom stereocenters. The zero-order valence-corrected chi connectivity index (χ0v) is 11.5. The molecule has 17 heavy (non-hydrogen) atoms. The van der Waals surface area contributed by atoms with Gasteiger partial charge in [0.1, 0.15) is 16.7 Å². The normalized spacial score (nSPS) is 10.8. The number of rotatable bonds is 3. The van der Waals surface area contributed by atoms with E-state index in [2.05, 4.69) is 20.9 Å². The summed E-state index contributed by atoms with van der Waals surface area (Å²) in [6.07, 6.45) is 0.637. The van der Waals surface area contributed by atoms with Gasteiger partial charge in [-0.1, -0.05) is 18.5 Å². The molecule has 0 unspecified atom stereocenters. The van der Waals surface area contributed by atoms with E-state index in [1.165, 1.54) is 6.07 Å². The van der Waals surface area contributed by atoms with Crippen molar-refractivity contribution in [2.24, 2.45) is 0 Å². The van der Waals surface area contributed by atoms with Crippen LogP contribution in [0.25, 0.3) is 0 Å². The Bertz CT molecular complexity index is 591. The number of halogens is 2. The number of hydrogen-bond donors (Lipinski definition) is 0. The van der Waals surface area contributed by atoms with E-state index < -0.39 is 0 Å². The van der Waals surface area contributed by atoms with E-state index in [-0.39, 0.29) is 10.7 Å². The smallest absolute Gasteiger partial charge is 0.255 e. The number of aryl methyl sites for hydroxylation is 1. The SMILES string of the molecule is CCc1nc(Cl)cc(=O)n1Cc1ccc(Br)o1. The Kier molecular flexibility index (Phi) is 3.69. The average molecular weight is 318 g/mol. The third kappa shape index (κ3) is 2.79. The Morgan fingerprint density at radius 2 is 2.29 bits per heavy atom. The fourth-order valence-corrected chi connectivity index (χ4v) is 2.09. The fraction of sp³-hybridized carbons (Fsp3) is 0.273. The van der Waals surface area contributed by atoms with Crippen LogP contribution in [0, 0.1) is 0 Å². The van der Waals surface area contributed by atoms with Crippen LogP contribution in [0.2, 0.25) is 5.15 Å². The van der Waals surface area contributed by atoms with E-state index in [1.807, 2.05) is 13.0 Å². The molecule has 0 amide bonds. The minimum absolute atomic E-state index is 0.172. The molecule has 0 saturated carbocycles. The van der Waals surface area contributed by atoms with Gasteiger partial charge in [-0.2, -0.15) is 0 Å². The molecule has 4 nitrogen and oxygen atoms in total. The van der Waals surface area contributed by atoms with Crippen LogP contribution in [0.15, 0.2) is 32.1 Å². The van der Waals surface area contributed by atoms with Gasteiger partial charge >= 0.3 is 0 Å². The first kappa shape index (κ1) is 12.4. The highest BCUT2D eigenvalue weighted by atomic mass is 79.9. The third-order valence-electron chi connectivity index (χ3n) is 2.32. The Balaban J connectivity index is 2.41. The summed E-state index contributed by atoms with van der Waals surface area (Å²) in [4.78, 5) is 15.9. The van der Waals surface area contributed by atoms with E-state index in [0.29, 0.717) is 29.2 Å². The fourth-order valence-electron chi connectivity index (χ4n) is 1.55. The summed E-state index contributed by atoms with van der Waals surface area (Å²) in [6.45, 7) is 2.28. The molecule has 0 aliphatic rings. The molecule has 0 saturated heterocycles. The lowest BCUT2D eigenvalue weighted by atomic mass is 10.3. The molecule has 0 aliphatic carbocycles. The molecule has 2 rings (SSSR count). The van der Waals surface area contributed by atoms with Gasteiger partial charge in [-0.3, -0.25) is 9.36 Å². The second-order valence-corrected chi connectivity index (χ2v) is 4.65. The maximum atomic E-state index is 11.8. The van der Waals surface area contributed by atoms with Crippen molar-refractivity contribution in [3.05, 3.63) is 50.0 Å². The lowest BCUT2D eigenvalue weighted by Gasteiger charge is -2.08. The quantitative estimate of drug-likeness (QED) is 0.818. The molecule has 2 aromatic rings. The van der Waals surface area contributed by atoms with Crippen molar-refractivity contribution < 1.29 is 4.42 Å². The molecule has 2 aromatic heterocycles. The van der Waals surface area contributed by atoms with Crippen LogP contribution < -0.4 is 5.56 Å². The summed E-state index contributed by atoms with van der Waals surface area (Å²) in [5.74, 6) is 1.34. The van der Waals surface area contributed by atoms with Gasteiger partial charge in [0.2, 0.25) is 0 Å². The topological polar surface area (TPSA) is 48.0 Å². The van der Waals surface area contributed by atoms with Crippen molar-refractivity contribution >= 4 is 27.5 Å². The van der Waals surface area contributed by atoms with Crippen molar-refractivity contribution in [3.8, 4) is 0 Å². The molecule has 6 heteroatoms. The van der Waals surface area contributed by atoms with Crippen molar-refractivity contribution in [2.75, 3.05) is 0 Å². The minimum atomic E-state index is -0.172. The lowest BCUT2D eigenvalue weighted by Crippen LogP contribution is -2.24. The van der Waals surface area contributed by atoms with Crippen molar-refractivity contribution in [1.82, 2.24) is 9.55 Å². The van der Waals surface area contributed by atoms with Gasteiger partial charge < -0.3 is 4.42 Å². The Morgan fingerprint density at radius 1 is 1.53 bits per heavy atom. The second-order valence-electron chi connectivity index (χ2n) is 3.48. The first-order valence-electron chi connectivity index (χ1n) is 5.10. The molecule has 0 N–H and O–H groups in total. The zero-order valence-electron chi connectivity index (χ0n) is 9.11. The summed E-state index contributed by atoms with van der Waals surface area (Å²) in [6, 6.07) is 4.90. The molecule has 90 valence electrons. The minimum Gasteiger partial charge on any atom is -0.452 e. The van der Waals surface area contributed by atoms with Gasteiger partial charge in [-0.25, -0.2) is 4.98 Å². The monoisotopic (exact) mass is 316 g/mol. The van der Waals surface area contributed by atoms with E-state index in [4.69, 9.17) is 16.0 Å². The maximum Gasteiger partial charge on any atom is 0.255 e. The molecule has 0 fully saturated rings. The summed E-state index contributed by atoms with van der Waals surface area (Å²) < 4.78 is 7.56. The molecule has 0 radical (unpaired) electrons. The summed E-state index contributed by atoms with van der Waals surface area (Å²) in [5.41, 5.74) is -0.172. The van der Waals surface area contributed by atoms with Gasteiger partial charge in [0.25, 0.3) is 5.56 Å². The van der Waals surface area contributed by atoms with Crippen molar-refractivity contribution in [2.45, 2.75) is 19.9 Å². The standard InChI is InChI=1S/C11H10BrClN2O2/c1-2-10-14-9(13)5-11(16)15(10)6-7-3-4-8(12)17-7/h3-5H,2,6H2,1H3. The van der Waals surface area contributed by atoms with Crippen LogP contribution in [0.3, 0.4) is 0 Å². The summed E-state index contributed by atoms with van der Waals surface area (Å²) in [5, 5.41) is 0.226. The highest BCUT2D eigenvalue weighted by Gasteiger charge is 2.09. The molecule has 0 spiro atoms. The Labute approximate surface area is 111 Å². The maximum absolute atomic E-state index is 11.8. The molecule has 0 aromatic carbocycles. The highest BCUT2D eigenvalue weighted by Crippen LogP contribution is 2.15. The summed E-state index contributed by atoms with van der Waals surface area (Å²) in [7, 11) is 0. The molecular weight excluding hydrogens is 307 g/mol. The number of furan rings is 1. The van der Waals surface area contributed by atoms with Crippen LogP contribution >= 0.6 is 27.5 Å². The van der Waals surface area contributed by atoms with E-state index in [0.717, 1.165) is 0 Å². The zero-order chi connectivity index (χ0) is 12.4. The number of nitrogens with zero attached hydrogens (tertiary/aromatic N) is 2.